The Labute approximate surface area is 88.7 Å². The average Bonchev–Trinajstić information content (AvgIpc) is 2.49. The number of hydrogen-bond acceptors (Lipinski definition) is 3. The summed E-state index contributed by atoms with van der Waals surface area (Å²) < 4.78 is 0. The van der Waals surface area contributed by atoms with Crippen molar-refractivity contribution in [3.63, 3.8) is 0 Å². The average molecular weight is 271 g/mol. The molecule has 13 heavy (non-hydrogen) atoms. The second-order valence-electron chi connectivity index (χ2n) is 2.30. The maximum atomic E-state index is 10.6. The molecule has 1 aromatic heterocycles. The Bertz CT molecular complexity index is 440. The first kappa shape index (κ1) is 9.91. The molecule has 5 nitrogen and oxygen atoms in total. The van der Waals surface area contributed by atoms with E-state index in [1.54, 1.807) is 12.1 Å². The summed E-state index contributed by atoms with van der Waals surface area (Å²) >= 11 is 0. The summed E-state index contributed by atoms with van der Waals surface area (Å²) in [5, 5.41) is 18.6. The predicted octanol–water partition coefficient (Wildman–Crippen LogP) is 0.654. The molecule has 0 aliphatic heterocycles. The van der Waals surface area contributed by atoms with Gasteiger partial charge in [-0.1, -0.05) is 6.07 Å². The van der Waals surface area contributed by atoms with Crippen LogP contribution in [0.5, 0.6) is 0 Å². The molecule has 0 aliphatic carbocycles. The minimum atomic E-state index is -0.991. The molecule has 1 heterocycles. The second-order valence-corrected chi connectivity index (χ2v) is 2.30. The standard InChI is InChI=1S/C7H5N3O2.Ag/c11-7(12)4-2-1-3-5-6(4)9-10-8-5;/h1-3H,(H,11,12)(H,8,9,10);. The van der Waals surface area contributed by atoms with E-state index in [0.29, 0.717) is 11.0 Å². The normalized spacial score (nSPS) is 9.54. The summed E-state index contributed by atoms with van der Waals surface area (Å²) in [6.45, 7) is 0. The van der Waals surface area contributed by atoms with Crippen LogP contribution in [0.1, 0.15) is 10.4 Å². The molecule has 0 saturated carbocycles. The SMILES string of the molecule is O=C(O)c1cccc2n[nH]nc12.[Ag]. The topological polar surface area (TPSA) is 78.9 Å². The number of rotatable bonds is 1. The van der Waals surface area contributed by atoms with E-state index in [9.17, 15) is 4.79 Å². The van der Waals surface area contributed by atoms with Gasteiger partial charge in [0, 0.05) is 22.4 Å². The molecule has 71 valence electrons. The summed E-state index contributed by atoms with van der Waals surface area (Å²) in [5.41, 5.74) is 1.13. The molecule has 1 radical (unpaired) electrons. The van der Waals surface area contributed by atoms with Gasteiger partial charge in [-0.05, 0) is 12.1 Å². The predicted molar refractivity (Wildman–Crippen MR) is 40.8 cm³/mol. The number of benzene rings is 1. The number of H-pyrrole nitrogens is 1. The molecule has 2 rings (SSSR count). The number of nitrogens with zero attached hydrogens (tertiary/aromatic N) is 2. The summed E-state index contributed by atoms with van der Waals surface area (Å²) in [4.78, 5) is 10.6. The van der Waals surface area contributed by atoms with Crippen molar-refractivity contribution >= 4 is 17.0 Å². The van der Waals surface area contributed by atoms with Crippen LogP contribution in [-0.4, -0.2) is 26.5 Å². The Morgan fingerprint density at radius 1 is 1.38 bits per heavy atom. The van der Waals surface area contributed by atoms with Crippen molar-refractivity contribution in [3.8, 4) is 0 Å². The Morgan fingerprint density at radius 2 is 2.15 bits per heavy atom. The quantitative estimate of drug-likeness (QED) is 0.746. The molecule has 0 fully saturated rings. The molecule has 0 spiro atoms. The summed E-state index contributed by atoms with van der Waals surface area (Å²) in [6, 6.07) is 4.83. The smallest absolute Gasteiger partial charge is 0.338 e. The van der Waals surface area contributed by atoms with Crippen molar-refractivity contribution in [3.05, 3.63) is 23.8 Å². The van der Waals surface area contributed by atoms with Gasteiger partial charge < -0.3 is 5.11 Å². The number of para-hydroxylation sites is 1. The first-order valence-electron chi connectivity index (χ1n) is 3.32. The number of aromatic carboxylic acids is 1. The number of carboxylic acids is 1. The van der Waals surface area contributed by atoms with E-state index < -0.39 is 5.97 Å². The Kier molecular flexibility index (Phi) is 2.82. The molecule has 0 bridgehead atoms. The van der Waals surface area contributed by atoms with Crippen LogP contribution >= 0.6 is 0 Å². The van der Waals surface area contributed by atoms with E-state index in [4.69, 9.17) is 5.11 Å². The van der Waals surface area contributed by atoms with E-state index in [0.717, 1.165) is 0 Å². The number of fused-ring (bicyclic) bond motifs is 1. The van der Waals surface area contributed by atoms with Crippen molar-refractivity contribution in [2.45, 2.75) is 0 Å². The molecular formula is C7H5AgN3O2. The minimum absolute atomic E-state index is 0. The fraction of sp³-hybridized carbons (Fsp3) is 0. The van der Waals surface area contributed by atoms with Crippen LogP contribution in [0.4, 0.5) is 0 Å². The van der Waals surface area contributed by atoms with E-state index in [1.807, 2.05) is 0 Å². The van der Waals surface area contributed by atoms with Gasteiger partial charge in [0.15, 0.2) is 0 Å². The Hall–Kier alpha value is -1.17. The van der Waals surface area contributed by atoms with Crippen LogP contribution < -0.4 is 0 Å². The molecule has 1 aromatic carbocycles. The third-order valence-electron chi connectivity index (χ3n) is 1.58. The van der Waals surface area contributed by atoms with Gasteiger partial charge in [0.2, 0.25) is 0 Å². The van der Waals surface area contributed by atoms with Gasteiger partial charge in [0.1, 0.15) is 11.0 Å². The number of hydrogen-bond donors (Lipinski definition) is 2. The van der Waals surface area contributed by atoms with Gasteiger partial charge >= 0.3 is 5.97 Å². The molecule has 2 aromatic rings. The monoisotopic (exact) mass is 270 g/mol. The first-order chi connectivity index (χ1) is 5.79. The minimum Gasteiger partial charge on any atom is -0.478 e. The van der Waals surface area contributed by atoms with E-state index in [1.165, 1.54) is 6.07 Å². The molecule has 6 heteroatoms. The van der Waals surface area contributed by atoms with E-state index >= 15 is 0 Å². The van der Waals surface area contributed by atoms with Gasteiger partial charge in [0.05, 0.1) is 5.56 Å². The molecular weight excluding hydrogens is 266 g/mol. The van der Waals surface area contributed by atoms with Crippen molar-refractivity contribution in [2.75, 3.05) is 0 Å². The maximum Gasteiger partial charge on any atom is 0.338 e. The van der Waals surface area contributed by atoms with Crippen LogP contribution in [0.15, 0.2) is 18.2 Å². The summed E-state index contributed by atoms with van der Waals surface area (Å²) in [7, 11) is 0. The van der Waals surface area contributed by atoms with E-state index in [-0.39, 0.29) is 27.9 Å². The van der Waals surface area contributed by atoms with Crippen LogP contribution in [0.25, 0.3) is 11.0 Å². The molecule has 0 amide bonds. The number of carbonyl (C=O) groups is 1. The summed E-state index contributed by atoms with van der Waals surface area (Å²) in [5.74, 6) is -0.991. The fourth-order valence-corrected chi connectivity index (χ4v) is 1.04. The van der Waals surface area contributed by atoms with Gasteiger partial charge in [-0.15, -0.1) is 0 Å². The first-order valence-corrected chi connectivity index (χ1v) is 3.32. The van der Waals surface area contributed by atoms with Crippen LogP contribution in [0, 0.1) is 0 Å². The van der Waals surface area contributed by atoms with Crippen LogP contribution in [0.3, 0.4) is 0 Å². The number of aromatic nitrogens is 3. The summed E-state index contributed by atoms with van der Waals surface area (Å²) in [6.07, 6.45) is 0. The second kappa shape index (κ2) is 3.69. The zero-order valence-electron chi connectivity index (χ0n) is 6.28. The molecule has 0 atom stereocenters. The van der Waals surface area contributed by atoms with Crippen molar-refractivity contribution in [1.82, 2.24) is 15.4 Å². The Morgan fingerprint density at radius 3 is 2.85 bits per heavy atom. The zero-order chi connectivity index (χ0) is 8.55. The fourth-order valence-electron chi connectivity index (χ4n) is 1.04. The van der Waals surface area contributed by atoms with Crippen LogP contribution in [0.2, 0.25) is 0 Å². The van der Waals surface area contributed by atoms with Crippen molar-refractivity contribution < 1.29 is 32.3 Å². The zero-order valence-corrected chi connectivity index (χ0v) is 7.77. The number of carboxylic acid groups (broad SMARTS) is 1. The molecule has 0 saturated heterocycles. The molecule has 2 N–H and O–H groups in total. The Balaban J connectivity index is 0.000000845. The van der Waals surface area contributed by atoms with Crippen molar-refractivity contribution in [1.29, 1.82) is 0 Å². The van der Waals surface area contributed by atoms with Gasteiger partial charge in [-0.2, -0.15) is 15.4 Å². The number of aromatic amines is 1. The van der Waals surface area contributed by atoms with Gasteiger partial charge in [-0.25, -0.2) is 4.79 Å². The molecule has 0 aliphatic rings. The number of nitrogens with one attached hydrogen (secondary N) is 1. The van der Waals surface area contributed by atoms with E-state index in [2.05, 4.69) is 15.4 Å². The molecule has 0 unspecified atom stereocenters. The van der Waals surface area contributed by atoms with Gasteiger partial charge in [-0.3, -0.25) is 0 Å². The third-order valence-corrected chi connectivity index (χ3v) is 1.58. The van der Waals surface area contributed by atoms with Crippen LogP contribution in [-0.2, 0) is 22.4 Å². The van der Waals surface area contributed by atoms with Gasteiger partial charge in [0.25, 0.3) is 0 Å². The largest absolute Gasteiger partial charge is 0.478 e. The maximum absolute atomic E-state index is 10.6. The van der Waals surface area contributed by atoms with Crippen molar-refractivity contribution in [2.24, 2.45) is 0 Å². The third kappa shape index (κ3) is 1.62.